The van der Waals surface area contributed by atoms with Gasteiger partial charge in [-0.15, -0.1) is 0 Å². The number of para-hydroxylation sites is 2. The van der Waals surface area contributed by atoms with Gasteiger partial charge in [0.25, 0.3) is 0 Å². The summed E-state index contributed by atoms with van der Waals surface area (Å²) in [6.45, 7) is 1.10. The van der Waals surface area contributed by atoms with Crippen LogP contribution in [-0.4, -0.2) is 13.2 Å². The number of hydrogen-bond donors (Lipinski definition) is 0. The van der Waals surface area contributed by atoms with Gasteiger partial charge in [-0.2, -0.15) is 0 Å². The van der Waals surface area contributed by atoms with Crippen LogP contribution in [0.5, 0.6) is 11.5 Å². The first-order valence-corrected chi connectivity index (χ1v) is 6.77. The lowest BCUT2D eigenvalue weighted by molar-refractivity contribution is 0.247. The SMILES string of the molecule is Clc1ccccc1OCCCOc1ccccc1Cl. The van der Waals surface area contributed by atoms with Crippen molar-refractivity contribution in [2.75, 3.05) is 13.2 Å². The molecule has 0 bridgehead atoms. The summed E-state index contributed by atoms with van der Waals surface area (Å²) in [7, 11) is 0. The number of rotatable bonds is 6. The Hall–Kier alpha value is -1.38. The molecule has 0 spiro atoms. The fourth-order valence-corrected chi connectivity index (χ4v) is 1.93. The van der Waals surface area contributed by atoms with Crippen molar-refractivity contribution in [2.24, 2.45) is 0 Å². The molecule has 100 valence electrons. The van der Waals surface area contributed by atoms with Crippen LogP contribution in [0.2, 0.25) is 10.0 Å². The van der Waals surface area contributed by atoms with Gasteiger partial charge in [-0.25, -0.2) is 0 Å². The Labute approximate surface area is 122 Å². The monoisotopic (exact) mass is 296 g/mol. The average molecular weight is 297 g/mol. The van der Waals surface area contributed by atoms with Crippen molar-refractivity contribution in [3.8, 4) is 11.5 Å². The molecule has 0 saturated carbocycles. The second-order valence-corrected chi connectivity index (χ2v) is 4.73. The van der Waals surface area contributed by atoms with Gasteiger partial charge in [-0.1, -0.05) is 47.5 Å². The largest absolute Gasteiger partial charge is 0.492 e. The van der Waals surface area contributed by atoms with E-state index in [1.807, 2.05) is 36.4 Å². The molecule has 0 fully saturated rings. The first-order chi connectivity index (χ1) is 9.27. The molecule has 2 aromatic rings. The maximum absolute atomic E-state index is 5.98. The summed E-state index contributed by atoms with van der Waals surface area (Å²) in [5, 5.41) is 1.24. The highest BCUT2D eigenvalue weighted by atomic mass is 35.5. The summed E-state index contributed by atoms with van der Waals surface area (Å²) in [6.07, 6.45) is 0.760. The molecule has 0 aliphatic carbocycles. The Bertz CT molecular complexity index is 482. The zero-order valence-electron chi connectivity index (χ0n) is 10.3. The van der Waals surface area contributed by atoms with Crippen molar-refractivity contribution >= 4 is 23.2 Å². The van der Waals surface area contributed by atoms with Gasteiger partial charge in [0.05, 0.1) is 23.3 Å². The standard InChI is InChI=1S/C15H14Cl2O2/c16-12-6-1-3-8-14(12)18-10-5-11-19-15-9-4-2-7-13(15)17/h1-4,6-9H,5,10-11H2. The number of ether oxygens (including phenoxy) is 2. The lowest BCUT2D eigenvalue weighted by Gasteiger charge is -2.09. The van der Waals surface area contributed by atoms with E-state index in [0.29, 0.717) is 34.8 Å². The van der Waals surface area contributed by atoms with Gasteiger partial charge in [0.15, 0.2) is 0 Å². The zero-order chi connectivity index (χ0) is 13.5. The van der Waals surface area contributed by atoms with Crippen LogP contribution in [0.3, 0.4) is 0 Å². The Balaban J connectivity index is 1.71. The lowest BCUT2D eigenvalue weighted by Crippen LogP contribution is -2.05. The lowest BCUT2D eigenvalue weighted by atomic mass is 10.3. The van der Waals surface area contributed by atoms with E-state index >= 15 is 0 Å². The van der Waals surface area contributed by atoms with Gasteiger partial charge in [0.1, 0.15) is 11.5 Å². The Kier molecular flexibility index (Phi) is 5.37. The maximum Gasteiger partial charge on any atom is 0.137 e. The van der Waals surface area contributed by atoms with Crippen molar-refractivity contribution in [1.29, 1.82) is 0 Å². The van der Waals surface area contributed by atoms with Crippen LogP contribution < -0.4 is 9.47 Å². The van der Waals surface area contributed by atoms with Crippen LogP contribution in [0.4, 0.5) is 0 Å². The minimum atomic E-state index is 0.550. The van der Waals surface area contributed by atoms with Crippen LogP contribution in [0.1, 0.15) is 6.42 Å². The van der Waals surface area contributed by atoms with E-state index in [2.05, 4.69) is 0 Å². The summed E-state index contributed by atoms with van der Waals surface area (Å²) in [5.74, 6) is 1.39. The summed E-state index contributed by atoms with van der Waals surface area (Å²) in [5.41, 5.74) is 0. The maximum atomic E-state index is 5.98. The summed E-state index contributed by atoms with van der Waals surface area (Å²) in [4.78, 5) is 0. The Morgan fingerprint density at radius 1 is 0.684 bits per heavy atom. The molecule has 0 aromatic heterocycles. The topological polar surface area (TPSA) is 18.5 Å². The van der Waals surface area contributed by atoms with Gasteiger partial charge in [0.2, 0.25) is 0 Å². The fourth-order valence-electron chi connectivity index (χ4n) is 1.55. The summed E-state index contributed by atoms with van der Waals surface area (Å²) in [6, 6.07) is 14.8. The molecule has 0 amide bonds. The molecule has 0 aliphatic rings. The predicted molar refractivity (Wildman–Crippen MR) is 78.5 cm³/mol. The molecule has 0 saturated heterocycles. The van der Waals surface area contributed by atoms with E-state index in [-0.39, 0.29) is 0 Å². The normalized spacial score (nSPS) is 10.2. The Morgan fingerprint density at radius 3 is 1.53 bits per heavy atom. The van der Waals surface area contributed by atoms with Gasteiger partial charge in [0, 0.05) is 6.42 Å². The van der Waals surface area contributed by atoms with E-state index in [4.69, 9.17) is 32.7 Å². The van der Waals surface area contributed by atoms with Crippen LogP contribution >= 0.6 is 23.2 Å². The number of hydrogen-bond acceptors (Lipinski definition) is 2. The molecule has 2 aromatic carbocycles. The smallest absolute Gasteiger partial charge is 0.137 e. The summed E-state index contributed by atoms with van der Waals surface area (Å²) >= 11 is 12.0. The molecule has 0 unspecified atom stereocenters. The van der Waals surface area contributed by atoms with Crippen LogP contribution in [-0.2, 0) is 0 Å². The minimum absolute atomic E-state index is 0.550. The van der Waals surface area contributed by atoms with Crippen LogP contribution in [0.15, 0.2) is 48.5 Å². The van der Waals surface area contributed by atoms with Crippen molar-refractivity contribution in [2.45, 2.75) is 6.42 Å². The second kappa shape index (κ2) is 7.27. The zero-order valence-corrected chi connectivity index (χ0v) is 11.8. The molecular weight excluding hydrogens is 283 g/mol. The Morgan fingerprint density at radius 2 is 1.11 bits per heavy atom. The number of halogens is 2. The average Bonchev–Trinajstić information content (AvgIpc) is 2.42. The quantitative estimate of drug-likeness (QED) is 0.710. The highest BCUT2D eigenvalue weighted by Gasteiger charge is 2.01. The van der Waals surface area contributed by atoms with Crippen molar-refractivity contribution in [1.82, 2.24) is 0 Å². The molecule has 2 rings (SSSR count). The third-order valence-corrected chi connectivity index (χ3v) is 3.10. The molecule has 0 radical (unpaired) electrons. The van der Waals surface area contributed by atoms with Gasteiger partial charge < -0.3 is 9.47 Å². The molecule has 19 heavy (non-hydrogen) atoms. The van der Waals surface area contributed by atoms with Crippen LogP contribution in [0, 0.1) is 0 Å². The van der Waals surface area contributed by atoms with Crippen molar-refractivity contribution in [3.63, 3.8) is 0 Å². The third kappa shape index (κ3) is 4.34. The van der Waals surface area contributed by atoms with E-state index in [9.17, 15) is 0 Å². The van der Waals surface area contributed by atoms with Gasteiger partial charge >= 0.3 is 0 Å². The molecule has 4 heteroatoms. The fraction of sp³-hybridized carbons (Fsp3) is 0.200. The van der Waals surface area contributed by atoms with Gasteiger partial charge in [-0.05, 0) is 24.3 Å². The highest BCUT2D eigenvalue weighted by Crippen LogP contribution is 2.24. The number of benzene rings is 2. The van der Waals surface area contributed by atoms with Crippen molar-refractivity contribution in [3.05, 3.63) is 58.6 Å². The van der Waals surface area contributed by atoms with E-state index in [1.54, 1.807) is 12.1 Å². The van der Waals surface area contributed by atoms with E-state index < -0.39 is 0 Å². The van der Waals surface area contributed by atoms with E-state index in [1.165, 1.54) is 0 Å². The summed E-state index contributed by atoms with van der Waals surface area (Å²) < 4.78 is 11.1. The molecular formula is C15H14Cl2O2. The second-order valence-electron chi connectivity index (χ2n) is 3.91. The van der Waals surface area contributed by atoms with Crippen molar-refractivity contribution < 1.29 is 9.47 Å². The predicted octanol–water partition coefficient (Wildman–Crippen LogP) is 4.84. The molecule has 0 atom stereocenters. The first-order valence-electron chi connectivity index (χ1n) is 6.02. The molecule has 0 aliphatic heterocycles. The molecule has 0 N–H and O–H groups in total. The first kappa shape index (κ1) is 14.0. The van der Waals surface area contributed by atoms with Crippen LogP contribution in [0.25, 0.3) is 0 Å². The van der Waals surface area contributed by atoms with Gasteiger partial charge in [-0.3, -0.25) is 0 Å². The molecule has 0 heterocycles. The third-order valence-electron chi connectivity index (χ3n) is 2.48. The minimum Gasteiger partial charge on any atom is -0.492 e. The molecule has 2 nitrogen and oxygen atoms in total. The van der Waals surface area contributed by atoms with E-state index in [0.717, 1.165) is 6.42 Å². The highest BCUT2D eigenvalue weighted by molar-refractivity contribution is 6.32.